The largest absolute Gasteiger partial charge is 0.493 e. The zero-order valence-electron chi connectivity index (χ0n) is 18.4. The molecule has 3 aromatic carbocycles. The van der Waals surface area contributed by atoms with E-state index in [1.54, 1.807) is 37.4 Å². The van der Waals surface area contributed by atoms with E-state index in [2.05, 4.69) is 5.32 Å². The third kappa shape index (κ3) is 3.83. The number of methoxy groups -OCH3 is 2. The SMILES string of the molecule is COc1ccc(C2=C(Nc3ccc(C)cc3)C(=O)N(c3ccc(C)cc3)C2=O)cc1OC. The maximum Gasteiger partial charge on any atom is 0.282 e. The van der Waals surface area contributed by atoms with E-state index in [0.717, 1.165) is 16.8 Å². The standard InChI is InChI=1S/C26H24N2O4/c1-16-5-10-19(11-6-16)27-24-23(18-9-14-21(31-3)22(15-18)32-4)25(29)28(26(24)30)20-12-7-17(2)8-13-20/h5-15,27H,1-4H3. The fraction of sp³-hybridized carbons (Fsp3) is 0.154. The van der Waals surface area contributed by atoms with Crippen molar-refractivity contribution >= 4 is 28.8 Å². The highest BCUT2D eigenvalue weighted by molar-refractivity contribution is 6.46. The van der Waals surface area contributed by atoms with Crippen LogP contribution in [-0.2, 0) is 9.59 Å². The molecule has 0 saturated heterocycles. The highest BCUT2D eigenvalue weighted by atomic mass is 16.5. The predicted molar refractivity (Wildman–Crippen MR) is 125 cm³/mol. The summed E-state index contributed by atoms with van der Waals surface area (Å²) in [4.78, 5) is 28.2. The first kappa shape index (κ1) is 21.2. The number of hydrogen-bond acceptors (Lipinski definition) is 5. The molecule has 0 bridgehead atoms. The van der Waals surface area contributed by atoms with Gasteiger partial charge in [0.2, 0.25) is 0 Å². The van der Waals surface area contributed by atoms with Crippen LogP contribution in [0.15, 0.2) is 72.4 Å². The Morgan fingerprint density at radius 2 is 1.31 bits per heavy atom. The third-order valence-electron chi connectivity index (χ3n) is 5.37. The van der Waals surface area contributed by atoms with Crippen LogP contribution in [0.5, 0.6) is 11.5 Å². The zero-order chi connectivity index (χ0) is 22.8. The van der Waals surface area contributed by atoms with Gasteiger partial charge in [0.25, 0.3) is 11.8 Å². The van der Waals surface area contributed by atoms with Gasteiger partial charge in [-0.1, -0.05) is 41.5 Å². The minimum atomic E-state index is -0.413. The number of aryl methyl sites for hydroxylation is 2. The van der Waals surface area contributed by atoms with Crippen molar-refractivity contribution in [1.29, 1.82) is 0 Å². The summed E-state index contributed by atoms with van der Waals surface area (Å²) < 4.78 is 10.7. The monoisotopic (exact) mass is 428 g/mol. The molecule has 4 rings (SSSR count). The van der Waals surface area contributed by atoms with Gasteiger partial charge in [0.1, 0.15) is 5.70 Å². The lowest BCUT2D eigenvalue weighted by Crippen LogP contribution is -2.32. The average molecular weight is 428 g/mol. The average Bonchev–Trinajstić information content (AvgIpc) is 3.04. The molecule has 0 atom stereocenters. The van der Waals surface area contributed by atoms with Crippen molar-refractivity contribution in [2.45, 2.75) is 13.8 Å². The molecular weight excluding hydrogens is 404 g/mol. The Bertz CT molecular complexity index is 1210. The lowest BCUT2D eigenvalue weighted by molar-refractivity contribution is -0.120. The van der Waals surface area contributed by atoms with Crippen LogP contribution in [0.3, 0.4) is 0 Å². The molecule has 6 heteroatoms. The minimum absolute atomic E-state index is 0.214. The van der Waals surface area contributed by atoms with Crippen molar-refractivity contribution < 1.29 is 19.1 Å². The summed E-state index contributed by atoms with van der Waals surface area (Å²) >= 11 is 0. The van der Waals surface area contributed by atoms with E-state index in [4.69, 9.17) is 9.47 Å². The molecule has 0 radical (unpaired) electrons. The molecule has 32 heavy (non-hydrogen) atoms. The van der Waals surface area contributed by atoms with Crippen LogP contribution in [0.25, 0.3) is 5.57 Å². The van der Waals surface area contributed by atoms with Gasteiger partial charge in [0.05, 0.1) is 25.5 Å². The predicted octanol–water partition coefficient (Wildman–Crippen LogP) is 4.72. The molecule has 1 heterocycles. The second-order valence-electron chi connectivity index (χ2n) is 7.59. The first-order chi connectivity index (χ1) is 15.4. The highest BCUT2D eigenvalue weighted by Gasteiger charge is 2.40. The summed E-state index contributed by atoms with van der Waals surface area (Å²) in [5, 5.41) is 3.17. The lowest BCUT2D eigenvalue weighted by Gasteiger charge is -2.16. The van der Waals surface area contributed by atoms with Crippen molar-refractivity contribution in [1.82, 2.24) is 0 Å². The summed E-state index contributed by atoms with van der Waals surface area (Å²) in [7, 11) is 3.08. The fourth-order valence-corrected chi connectivity index (χ4v) is 3.61. The Labute approximate surface area is 187 Å². The van der Waals surface area contributed by atoms with Crippen molar-refractivity contribution in [3.05, 3.63) is 89.1 Å². The fourth-order valence-electron chi connectivity index (χ4n) is 3.61. The second-order valence-corrected chi connectivity index (χ2v) is 7.59. The molecule has 1 aliphatic heterocycles. The second kappa shape index (κ2) is 8.59. The summed E-state index contributed by atoms with van der Waals surface area (Å²) in [6, 6.07) is 20.1. The summed E-state index contributed by atoms with van der Waals surface area (Å²) in [5.41, 5.74) is 4.42. The number of anilines is 2. The van der Waals surface area contributed by atoms with Crippen LogP contribution in [0.2, 0.25) is 0 Å². The number of imide groups is 1. The molecular formula is C26H24N2O4. The molecule has 0 aliphatic carbocycles. The summed E-state index contributed by atoms with van der Waals surface area (Å²) in [5.74, 6) is 0.197. The van der Waals surface area contributed by atoms with Gasteiger partial charge >= 0.3 is 0 Å². The molecule has 1 aliphatic rings. The number of hydrogen-bond donors (Lipinski definition) is 1. The number of amides is 2. The molecule has 6 nitrogen and oxygen atoms in total. The van der Waals surface area contributed by atoms with E-state index in [9.17, 15) is 9.59 Å². The summed E-state index contributed by atoms with van der Waals surface area (Å²) in [6.07, 6.45) is 0. The first-order valence-electron chi connectivity index (χ1n) is 10.2. The maximum atomic E-state index is 13.5. The Hall–Kier alpha value is -4.06. The Kier molecular flexibility index (Phi) is 5.69. The van der Waals surface area contributed by atoms with E-state index in [1.807, 2.05) is 50.2 Å². The normalized spacial score (nSPS) is 13.6. The number of nitrogens with one attached hydrogen (secondary N) is 1. The van der Waals surface area contributed by atoms with Gasteiger partial charge in [-0.2, -0.15) is 0 Å². The topological polar surface area (TPSA) is 67.9 Å². The molecule has 0 aromatic heterocycles. The molecule has 162 valence electrons. The van der Waals surface area contributed by atoms with Gasteiger partial charge in [0.15, 0.2) is 11.5 Å². The number of carbonyl (C=O) groups excluding carboxylic acids is 2. The first-order valence-corrected chi connectivity index (χ1v) is 10.2. The Morgan fingerprint density at radius 1 is 0.719 bits per heavy atom. The highest BCUT2D eigenvalue weighted by Crippen LogP contribution is 2.37. The lowest BCUT2D eigenvalue weighted by atomic mass is 10.0. The number of benzene rings is 3. The number of rotatable bonds is 6. The van der Waals surface area contributed by atoms with Gasteiger partial charge in [0, 0.05) is 5.69 Å². The van der Waals surface area contributed by atoms with Crippen LogP contribution in [-0.4, -0.2) is 26.0 Å². The molecule has 1 N–H and O–H groups in total. The molecule has 0 spiro atoms. The van der Waals surface area contributed by atoms with Gasteiger partial charge in [-0.25, -0.2) is 4.90 Å². The van der Waals surface area contributed by atoms with Gasteiger partial charge < -0.3 is 14.8 Å². The van der Waals surface area contributed by atoms with Crippen LogP contribution >= 0.6 is 0 Å². The van der Waals surface area contributed by atoms with Crippen LogP contribution in [0.4, 0.5) is 11.4 Å². The van der Waals surface area contributed by atoms with E-state index >= 15 is 0 Å². The number of nitrogens with zero attached hydrogens (tertiary/aromatic N) is 1. The Morgan fingerprint density at radius 3 is 1.91 bits per heavy atom. The van der Waals surface area contributed by atoms with Crippen molar-refractivity contribution in [2.24, 2.45) is 0 Å². The van der Waals surface area contributed by atoms with E-state index in [-0.39, 0.29) is 11.3 Å². The quantitative estimate of drug-likeness (QED) is 0.576. The molecule has 0 saturated carbocycles. The molecule has 0 fully saturated rings. The van der Waals surface area contributed by atoms with Crippen LogP contribution in [0.1, 0.15) is 16.7 Å². The van der Waals surface area contributed by atoms with E-state index < -0.39 is 11.8 Å². The van der Waals surface area contributed by atoms with Crippen molar-refractivity contribution in [3.63, 3.8) is 0 Å². The van der Waals surface area contributed by atoms with Crippen LogP contribution in [0, 0.1) is 13.8 Å². The third-order valence-corrected chi connectivity index (χ3v) is 5.37. The number of ether oxygens (including phenoxy) is 2. The van der Waals surface area contributed by atoms with Gasteiger partial charge in [-0.15, -0.1) is 0 Å². The van der Waals surface area contributed by atoms with Crippen molar-refractivity contribution in [2.75, 3.05) is 24.4 Å². The summed E-state index contributed by atoms with van der Waals surface area (Å²) in [6.45, 7) is 3.94. The smallest absolute Gasteiger partial charge is 0.282 e. The minimum Gasteiger partial charge on any atom is -0.493 e. The van der Waals surface area contributed by atoms with Gasteiger partial charge in [-0.05, 0) is 55.8 Å². The maximum absolute atomic E-state index is 13.5. The Balaban J connectivity index is 1.84. The number of carbonyl (C=O) groups is 2. The van der Waals surface area contributed by atoms with E-state index in [0.29, 0.717) is 22.7 Å². The molecule has 3 aromatic rings. The zero-order valence-corrected chi connectivity index (χ0v) is 18.4. The van der Waals surface area contributed by atoms with Crippen LogP contribution < -0.4 is 19.7 Å². The van der Waals surface area contributed by atoms with Gasteiger partial charge in [-0.3, -0.25) is 9.59 Å². The van der Waals surface area contributed by atoms with Crippen molar-refractivity contribution in [3.8, 4) is 11.5 Å². The molecule has 0 unspecified atom stereocenters. The molecule has 2 amide bonds. The van der Waals surface area contributed by atoms with E-state index in [1.165, 1.54) is 12.0 Å².